The number of anilines is 1. The van der Waals surface area contributed by atoms with Gasteiger partial charge >= 0.3 is 0 Å². The van der Waals surface area contributed by atoms with E-state index >= 15 is 0 Å². The van der Waals surface area contributed by atoms with Gasteiger partial charge in [0, 0.05) is 19.2 Å². The number of benzene rings is 2. The molecule has 0 aliphatic carbocycles. The fourth-order valence-corrected chi connectivity index (χ4v) is 4.30. The molecule has 2 aromatic carbocycles. The Balaban J connectivity index is 2.49. The molecule has 0 bridgehead atoms. The van der Waals surface area contributed by atoms with E-state index in [-0.39, 0.29) is 23.9 Å². The second-order valence-electron chi connectivity index (χ2n) is 7.75. The fourth-order valence-electron chi connectivity index (χ4n) is 3.46. The first-order valence-electron chi connectivity index (χ1n) is 11.0. The van der Waals surface area contributed by atoms with Gasteiger partial charge in [-0.05, 0) is 43.7 Å². The molecule has 1 N–H and O–H groups in total. The first-order chi connectivity index (χ1) is 16.5. The van der Waals surface area contributed by atoms with E-state index in [1.807, 2.05) is 0 Å². The van der Waals surface area contributed by atoms with Gasteiger partial charge in [0.15, 0.2) is 0 Å². The molecule has 1 atom stereocenters. The van der Waals surface area contributed by atoms with Gasteiger partial charge < -0.3 is 24.4 Å². The summed E-state index contributed by atoms with van der Waals surface area (Å²) in [4.78, 5) is 27.6. The highest BCUT2D eigenvalue weighted by Crippen LogP contribution is 2.34. The van der Waals surface area contributed by atoms with E-state index in [9.17, 15) is 18.0 Å². The van der Waals surface area contributed by atoms with E-state index in [0.29, 0.717) is 18.0 Å². The first-order valence-corrected chi connectivity index (χ1v) is 12.8. The number of ether oxygens (including phenoxy) is 3. The quantitative estimate of drug-likeness (QED) is 0.468. The van der Waals surface area contributed by atoms with Crippen LogP contribution in [0.3, 0.4) is 0 Å². The molecule has 1 unspecified atom stereocenters. The Morgan fingerprint density at radius 2 is 1.66 bits per heavy atom. The van der Waals surface area contributed by atoms with E-state index in [1.165, 1.54) is 32.3 Å². The van der Waals surface area contributed by atoms with Crippen LogP contribution in [0, 0.1) is 0 Å². The average Bonchev–Trinajstić information content (AvgIpc) is 2.84. The standard InChI is InChI=1S/C24H33N3O7S/c1-7-25-24(29)17(2)26(15-18-9-8-10-19(13-18)32-3)23(28)16-27(35(6,30)31)21-14-20(33-4)11-12-22(21)34-5/h8-14,17H,7,15-16H2,1-6H3,(H,25,29). The second kappa shape index (κ2) is 12.3. The maximum absolute atomic E-state index is 13.6. The molecule has 2 aromatic rings. The van der Waals surface area contributed by atoms with Gasteiger partial charge in [-0.25, -0.2) is 8.42 Å². The molecule has 0 aromatic heterocycles. The summed E-state index contributed by atoms with van der Waals surface area (Å²) in [6.07, 6.45) is 0.999. The third-order valence-electron chi connectivity index (χ3n) is 5.34. The van der Waals surface area contributed by atoms with E-state index in [1.54, 1.807) is 50.2 Å². The van der Waals surface area contributed by atoms with Crippen molar-refractivity contribution < 1.29 is 32.2 Å². The second-order valence-corrected chi connectivity index (χ2v) is 9.66. The zero-order valence-corrected chi connectivity index (χ0v) is 21.7. The molecule has 0 radical (unpaired) electrons. The highest BCUT2D eigenvalue weighted by Gasteiger charge is 2.31. The minimum absolute atomic E-state index is 0.0706. The Kier molecular flexibility index (Phi) is 9.76. The van der Waals surface area contributed by atoms with Gasteiger partial charge in [-0.1, -0.05) is 12.1 Å². The van der Waals surface area contributed by atoms with Gasteiger partial charge in [0.25, 0.3) is 0 Å². The third-order valence-corrected chi connectivity index (χ3v) is 6.47. The maximum Gasteiger partial charge on any atom is 0.244 e. The van der Waals surface area contributed by atoms with Crippen LogP contribution in [0.25, 0.3) is 0 Å². The number of nitrogens with zero attached hydrogens (tertiary/aromatic N) is 2. The number of nitrogens with one attached hydrogen (secondary N) is 1. The smallest absolute Gasteiger partial charge is 0.244 e. The lowest BCUT2D eigenvalue weighted by Gasteiger charge is -2.32. The molecule has 0 fully saturated rings. The Bertz CT molecular complexity index is 1140. The molecule has 10 nitrogen and oxygen atoms in total. The molecule has 0 spiro atoms. The predicted octanol–water partition coefficient (Wildman–Crippen LogP) is 2.03. The molecule has 0 heterocycles. The van der Waals surface area contributed by atoms with Gasteiger partial charge in [0.05, 0.1) is 33.3 Å². The van der Waals surface area contributed by atoms with Crippen molar-refractivity contribution in [3.05, 3.63) is 48.0 Å². The molecule has 0 aliphatic heterocycles. The van der Waals surface area contributed by atoms with Gasteiger partial charge in [-0.3, -0.25) is 13.9 Å². The van der Waals surface area contributed by atoms with Gasteiger partial charge in [0.2, 0.25) is 21.8 Å². The van der Waals surface area contributed by atoms with Crippen LogP contribution in [0.15, 0.2) is 42.5 Å². The van der Waals surface area contributed by atoms with Crippen molar-refractivity contribution in [2.24, 2.45) is 0 Å². The zero-order valence-electron chi connectivity index (χ0n) is 20.9. The first kappa shape index (κ1) is 27.8. The SMILES string of the molecule is CCNC(=O)C(C)N(Cc1cccc(OC)c1)C(=O)CN(c1cc(OC)ccc1OC)S(C)(=O)=O. The van der Waals surface area contributed by atoms with Crippen LogP contribution in [0.4, 0.5) is 5.69 Å². The van der Waals surface area contributed by atoms with Crippen molar-refractivity contribution in [3.63, 3.8) is 0 Å². The monoisotopic (exact) mass is 507 g/mol. The highest BCUT2D eigenvalue weighted by molar-refractivity contribution is 7.92. The minimum Gasteiger partial charge on any atom is -0.497 e. The summed E-state index contributed by atoms with van der Waals surface area (Å²) in [5.74, 6) is 0.320. The Morgan fingerprint density at radius 3 is 2.23 bits per heavy atom. The van der Waals surface area contributed by atoms with Gasteiger partial charge in [0.1, 0.15) is 29.8 Å². The molecular formula is C24H33N3O7S. The minimum atomic E-state index is -3.91. The van der Waals surface area contributed by atoms with Crippen LogP contribution in [0.1, 0.15) is 19.4 Å². The van der Waals surface area contributed by atoms with Crippen molar-refractivity contribution in [2.45, 2.75) is 26.4 Å². The van der Waals surface area contributed by atoms with E-state index in [0.717, 1.165) is 16.1 Å². The van der Waals surface area contributed by atoms with Crippen LogP contribution in [-0.2, 0) is 26.2 Å². The highest BCUT2D eigenvalue weighted by atomic mass is 32.2. The van der Waals surface area contributed by atoms with Crippen LogP contribution < -0.4 is 23.8 Å². The molecule has 0 saturated heterocycles. The third kappa shape index (κ3) is 7.25. The van der Waals surface area contributed by atoms with Crippen LogP contribution in [0.2, 0.25) is 0 Å². The van der Waals surface area contributed by atoms with Gasteiger partial charge in [-0.15, -0.1) is 0 Å². The normalized spacial score (nSPS) is 11.8. The van der Waals surface area contributed by atoms with Crippen molar-refractivity contribution in [1.29, 1.82) is 0 Å². The molecule has 35 heavy (non-hydrogen) atoms. The summed E-state index contributed by atoms with van der Waals surface area (Å²) >= 11 is 0. The van der Waals surface area contributed by atoms with E-state index < -0.39 is 28.5 Å². The predicted molar refractivity (Wildman–Crippen MR) is 133 cm³/mol. The van der Waals surface area contributed by atoms with Crippen molar-refractivity contribution in [2.75, 3.05) is 45.0 Å². The lowest BCUT2D eigenvalue weighted by atomic mass is 10.1. The maximum atomic E-state index is 13.6. The Hall–Kier alpha value is -3.47. The number of carbonyl (C=O) groups is 2. The lowest BCUT2D eigenvalue weighted by Crippen LogP contribution is -2.51. The summed E-state index contributed by atoms with van der Waals surface area (Å²) in [6, 6.07) is 10.9. The topological polar surface area (TPSA) is 114 Å². The van der Waals surface area contributed by atoms with Gasteiger partial charge in [-0.2, -0.15) is 0 Å². The summed E-state index contributed by atoms with van der Waals surface area (Å²) < 4.78 is 42.3. The van der Waals surface area contributed by atoms with Crippen LogP contribution in [-0.4, -0.2) is 71.8 Å². The molecular weight excluding hydrogens is 474 g/mol. The van der Waals surface area contributed by atoms with Crippen molar-refractivity contribution in [1.82, 2.24) is 10.2 Å². The van der Waals surface area contributed by atoms with Crippen molar-refractivity contribution >= 4 is 27.5 Å². The summed E-state index contributed by atoms with van der Waals surface area (Å²) in [5.41, 5.74) is 0.869. The number of methoxy groups -OCH3 is 3. The number of amides is 2. The molecule has 11 heteroatoms. The lowest BCUT2D eigenvalue weighted by molar-refractivity contribution is -0.139. The van der Waals surface area contributed by atoms with Crippen LogP contribution >= 0.6 is 0 Å². The molecule has 2 rings (SSSR count). The summed E-state index contributed by atoms with van der Waals surface area (Å²) in [6.45, 7) is 3.29. The van der Waals surface area contributed by atoms with Crippen molar-refractivity contribution in [3.8, 4) is 17.2 Å². The zero-order chi connectivity index (χ0) is 26.2. The Morgan fingerprint density at radius 1 is 1.00 bits per heavy atom. The summed E-state index contributed by atoms with van der Waals surface area (Å²) in [7, 11) is 0.471. The number of likely N-dealkylation sites (N-methyl/N-ethyl adjacent to an activating group) is 1. The molecule has 192 valence electrons. The molecule has 0 aliphatic rings. The number of carbonyl (C=O) groups excluding carboxylic acids is 2. The number of hydrogen-bond acceptors (Lipinski definition) is 7. The molecule has 2 amide bonds. The largest absolute Gasteiger partial charge is 0.497 e. The number of hydrogen-bond donors (Lipinski definition) is 1. The number of rotatable bonds is 12. The summed E-state index contributed by atoms with van der Waals surface area (Å²) in [5, 5.41) is 2.71. The fraction of sp³-hybridized carbons (Fsp3) is 0.417. The van der Waals surface area contributed by atoms with Crippen LogP contribution in [0.5, 0.6) is 17.2 Å². The average molecular weight is 508 g/mol. The Labute approximate surface area is 206 Å². The molecule has 0 saturated carbocycles. The van der Waals surface area contributed by atoms with E-state index in [2.05, 4.69) is 5.32 Å². The number of sulfonamides is 1. The van der Waals surface area contributed by atoms with E-state index in [4.69, 9.17) is 14.2 Å².